The van der Waals surface area contributed by atoms with Gasteiger partial charge in [0.2, 0.25) is 0 Å². The van der Waals surface area contributed by atoms with Gasteiger partial charge in [-0.2, -0.15) is 8.42 Å². The Balaban J connectivity index is 2.40. The SMILES string of the molecule is CCCCCC/C=C\C/C=C\CCCCCCCCCCOCC(COC1OC(CO)C(O)C(OS(=O)(=O)O)C1O)OC(=O)CCCCCCCCCCCC. The third kappa shape index (κ3) is 28.9. The van der Waals surface area contributed by atoms with Crippen molar-refractivity contribution in [3.05, 3.63) is 24.3 Å². The van der Waals surface area contributed by atoms with E-state index in [1.807, 2.05) is 0 Å². The van der Waals surface area contributed by atoms with Crippen LogP contribution in [0.2, 0.25) is 0 Å². The molecule has 13 heteroatoms. The largest absolute Gasteiger partial charge is 0.457 e. The van der Waals surface area contributed by atoms with Crippen LogP contribution in [-0.2, 0) is 38.3 Å². The van der Waals surface area contributed by atoms with Crippen LogP contribution in [0.4, 0.5) is 0 Å². The number of esters is 1. The van der Waals surface area contributed by atoms with Gasteiger partial charge < -0.3 is 34.3 Å². The van der Waals surface area contributed by atoms with Crippen LogP contribution in [0.5, 0.6) is 0 Å². The number of carbonyl (C=O) groups excluding carboxylic acids is 1. The summed E-state index contributed by atoms with van der Waals surface area (Å²) >= 11 is 0. The van der Waals surface area contributed by atoms with Gasteiger partial charge in [0, 0.05) is 13.0 Å². The standard InChI is InChI=1S/C43H80O12S/c1-3-5-7-9-11-13-15-16-17-18-19-20-21-22-23-25-27-29-31-33-51-35-37(53-39(45)32-30-28-26-24-14-12-10-8-6-4-2)36-52-43-41(47)42(55-56(48,49)50)40(46)38(34-44)54-43/h13,15,17-18,37-38,40-44,46-47H,3-12,14,16,19-36H2,1-2H3,(H,48,49,50)/b15-13-,18-17-. The van der Waals surface area contributed by atoms with Crippen LogP contribution in [0.15, 0.2) is 24.3 Å². The first-order valence-electron chi connectivity index (χ1n) is 22.1. The first-order chi connectivity index (χ1) is 27.1. The van der Waals surface area contributed by atoms with E-state index in [4.69, 9.17) is 23.5 Å². The second-order valence-electron chi connectivity index (χ2n) is 15.3. The molecule has 1 heterocycles. The summed E-state index contributed by atoms with van der Waals surface area (Å²) in [5.74, 6) is -0.403. The lowest BCUT2D eigenvalue weighted by molar-refractivity contribution is -0.301. The number of aliphatic hydroxyl groups is 3. The molecule has 0 radical (unpaired) electrons. The van der Waals surface area contributed by atoms with Gasteiger partial charge >= 0.3 is 16.4 Å². The highest BCUT2D eigenvalue weighted by Gasteiger charge is 2.48. The molecule has 330 valence electrons. The van der Waals surface area contributed by atoms with Gasteiger partial charge in [0.15, 0.2) is 6.29 Å². The average molecular weight is 821 g/mol. The summed E-state index contributed by atoms with van der Waals surface area (Å²) in [5, 5.41) is 30.6. The van der Waals surface area contributed by atoms with Crippen LogP contribution in [0.3, 0.4) is 0 Å². The quantitative estimate of drug-likeness (QED) is 0.0202. The maximum absolute atomic E-state index is 12.8. The van der Waals surface area contributed by atoms with Gasteiger partial charge in [0.05, 0.1) is 19.8 Å². The molecule has 12 nitrogen and oxygen atoms in total. The highest BCUT2D eigenvalue weighted by Crippen LogP contribution is 2.26. The topological polar surface area (TPSA) is 178 Å². The van der Waals surface area contributed by atoms with Gasteiger partial charge in [-0.3, -0.25) is 9.35 Å². The normalized spacial score (nSPS) is 21.0. The Morgan fingerprint density at radius 1 is 0.679 bits per heavy atom. The van der Waals surface area contributed by atoms with Crippen LogP contribution in [0.1, 0.15) is 181 Å². The smallest absolute Gasteiger partial charge is 0.397 e. The molecule has 0 aromatic carbocycles. The molecule has 0 amide bonds. The maximum atomic E-state index is 12.8. The Morgan fingerprint density at radius 3 is 1.71 bits per heavy atom. The lowest BCUT2D eigenvalue weighted by Gasteiger charge is -2.41. The van der Waals surface area contributed by atoms with Crippen molar-refractivity contribution >= 4 is 16.4 Å². The van der Waals surface area contributed by atoms with Crippen molar-refractivity contribution in [1.82, 2.24) is 0 Å². The summed E-state index contributed by atoms with van der Waals surface area (Å²) in [5.41, 5.74) is 0. The van der Waals surface area contributed by atoms with E-state index in [2.05, 4.69) is 42.3 Å². The molecule has 0 aliphatic carbocycles. The van der Waals surface area contributed by atoms with Crippen molar-refractivity contribution in [2.24, 2.45) is 0 Å². The van der Waals surface area contributed by atoms with Gasteiger partial charge in [-0.05, 0) is 44.9 Å². The molecule has 1 saturated heterocycles. The summed E-state index contributed by atoms with van der Waals surface area (Å²) in [6.07, 6.45) is 29.3. The molecule has 0 spiro atoms. The lowest BCUT2D eigenvalue weighted by atomic mass is 9.99. The van der Waals surface area contributed by atoms with Gasteiger partial charge in [-0.1, -0.05) is 154 Å². The zero-order valence-electron chi connectivity index (χ0n) is 34.9. The van der Waals surface area contributed by atoms with Crippen LogP contribution >= 0.6 is 0 Å². The minimum absolute atomic E-state index is 0.0351. The number of aliphatic hydroxyl groups excluding tert-OH is 3. The van der Waals surface area contributed by atoms with E-state index < -0.39 is 59.8 Å². The van der Waals surface area contributed by atoms with Crippen LogP contribution in [0.25, 0.3) is 0 Å². The Morgan fingerprint density at radius 2 is 1.18 bits per heavy atom. The summed E-state index contributed by atoms with van der Waals surface area (Å²) in [6, 6.07) is 0. The van der Waals surface area contributed by atoms with Gasteiger partial charge in [-0.15, -0.1) is 0 Å². The molecule has 0 bridgehead atoms. The Hall–Kier alpha value is -1.42. The number of ether oxygens (including phenoxy) is 4. The predicted octanol–water partition coefficient (Wildman–Crippen LogP) is 8.85. The molecule has 1 aliphatic heterocycles. The Kier molecular flexibility index (Phi) is 33.4. The molecule has 6 atom stereocenters. The minimum Gasteiger partial charge on any atom is -0.457 e. The zero-order valence-corrected chi connectivity index (χ0v) is 35.8. The predicted molar refractivity (Wildman–Crippen MR) is 221 cm³/mol. The average Bonchev–Trinajstić information content (AvgIpc) is 3.17. The van der Waals surface area contributed by atoms with E-state index in [-0.39, 0.29) is 19.6 Å². The third-order valence-corrected chi connectivity index (χ3v) is 10.5. The molecule has 6 unspecified atom stereocenters. The van der Waals surface area contributed by atoms with E-state index in [0.717, 1.165) is 51.4 Å². The Labute approximate surface area is 340 Å². The maximum Gasteiger partial charge on any atom is 0.397 e. The Bertz CT molecular complexity index is 1080. The lowest BCUT2D eigenvalue weighted by Crippen LogP contribution is -2.60. The first-order valence-corrected chi connectivity index (χ1v) is 23.5. The van der Waals surface area contributed by atoms with E-state index in [1.165, 1.54) is 103 Å². The van der Waals surface area contributed by atoms with Gasteiger partial charge in [-0.25, -0.2) is 4.18 Å². The van der Waals surface area contributed by atoms with E-state index in [9.17, 15) is 28.5 Å². The fraction of sp³-hybridized carbons (Fsp3) is 0.884. The zero-order chi connectivity index (χ0) is 41.1. The minimum atomic E-state index is -5.06. The van der Waals surface area contributed by atoms with E-state index in [0.29, 0.717) is 13.0 Å². The summed E-state index contributed by atoms with van der Waals surface area (Å²) < 4.78 is 58.9. The first kappa shape index (κ1) is 52.6. The molecule has 56 heavy (non-hydrogen) atoms. The van der Waals surface area contributed by atoms with Crippen molar-refractivity contribution in [1.29, 1.82) is 0 Å². The summed E-state index contributed by atoms with van der Waals surface area (Å²) in [4.78, 5) is 12.8. The van der Waals surface area contributed by atoms with E-state index in [1.54, 1.807) is 0 Å². The molecular formula is C43H80O12S. The molecule has 0 aromatic heterocycles. The fourth-order valence-corrected chi connectivity index (χ4v) is 7.21. The number of hydrogen-bond donors (Lipinski definition) is 4. The van der Waals surface area contributed by atoms with Crippen molar-refractivity contribution in [2.75, 3.05) is 26.4 Å². The fourth-order valence-electron chi connectivity index (χ4n) is 6.70. The molecular weight excluding hydrogens is 741 g/mol. The number of allylic oxidation sites excluding steroid dienone is 4. The van der Waals surface area contributed by atoms with Crippen molar-refractivity contribution in [2.45, 2.75) is 218 Å². The highest BCUT2D eigenvalue weighted by atomic mass is 32.3. The van der Waals surface area contributed by atoms with Crippen LogP contribution in [-0.4, -0.2) is 97.5 Å². The van der Waals surface area contributed by atoms with E-state index >= 15 is 0 Å². The number of rotatable bonds is 38. The molecule has 0 saturated carbocycles. The molecule has 0 aromatic rings. The van der Waals surface area contributed by atoms with Crippen molar-refractivity contribution in [3.8, 4) is 0 Å². The number of carbonyl (C=O) groups is 1. The second-order valence-corrected chi connectivity index (χ2v) is 16.3. The molecule has 1 fully saturated rings. The summed E-state index contributed by atoms with van der Waals surface area (Å²) in [6.45, 7) is 3.95. The van der Waals surface area contributed by atoms with Crippen molar-refractivity contribution in [3.63, 3.8) is 0 Å². The summed E-state index contributed by atoms with van der Waals surface area (Å²) in [7, 11) is -5.06. The molecule has 1 rings (SSSR count). The van der Waals surface area contributed by atoms with Crippen LogP contribution < -0.4 is 0 Å². The second kappa shape index (κ2) is 35.5. The monoisotopic (exact) mass is 821 g/mol. The van der Waals surface area contributed by atoms with Gasteiger partial charge in [0.25, 0.3) is 0 Å². The highest BCUT2D eigenvalue weighted by molar-refractivity contribution is 7.80. The third-order valence-electron chi connectivity index (χ3n) is 10.1. The number of unbranched alkanes of at least 4 members (excludes halogenated alkanes) is 21. The molecule has 4 N–H and O–H groups in total. The van der Waals surface area contributed by atoms with Gasteiger partial charge in [0.1, 0.15) is 30.5 Å². The molecule has 1 aliphatic rings. The van der Waals surface area contributed by atoms with Crippen LogP contribution in [0, 0.1) is 0 Å². The van der Waals surface area contributed by atoms with Crippen molar-refractivity contribution < 1.29 is 56.2 Å². The number of hydrogen-bond acceptors (Lipinski definition) is 11.